The molecule has 0 atom stereocenters. The van der Waals surface area contributed by atoms with Gasteiger partial charge in [0.2, 0.25) is 5.91 Å². The van der Waals surface area contributed by atoms with Gasteiger partial charge in [0.05, 0.1) is 6.54 Å². The molecule has 20 heavy (non-hydrogen) atoms. The standard InChI is InChI=1S/C16H17ClN2O/c1-12-3-2-4-15(9-12)18-11-16(20)19-10-13-5-7-14(17)8-6-13/h2-9,18H,10-11H2,1H3,(H,19,20). The zero-order valence-corrected chi connectivity index (χ0v) is 12.1. The highest BCUT2D eigenvalue weighted by atomic mass is 35.5. The minimum atomic E-state index is -0.0403. The Kier molecular flexibility index (Phi) is 5.02. The number of anilines is 1. The minimum Gasteiger partial charge on any atom is -0.376 e. The van der Waals surface area contributed by atoms with Crippen LogP contribution in [0.5, 0.6) is 0 Å². The number of hydrogen-bond acceptors (Lipinski definition) is 2. The van der Waals surface area contributed by atoms with E-state index >= 15 is 0 Å². The third-order valence-corrected chi connectivity index (χ3v) is 3.13. The van der Waals surface area contributed by atoms with Crippen LogP contribution in [0.15, 0.2) is 48.5 Å². The van der Waals surface area contributed by atoms with Gasteiger partial charge in [0.15, 0.2) is 0 Å². The number of halogens is 1. The van der Waals surface area contributed by atoms with Crippen LogP contribution in [0.25, 0.3) is 0 Å². The number of hydrogen-bond donors (Lipinski definition) is 2. The topological polar surface area (TPSA) is 41.1 Å². The van der Waals surface area contributed by atoms with Gasteiger partial charge in [-0.1, -0.05) is 35.9 Å². The number of carbonyl (C=O) groups excluding carboxylic acids is 1. The van der Waals surface area contributed by atoms with E-state index in [1.165, 1.54) is 0 Å². The van der Waals surface area contributed by atoms with Gasteiger partial charge < -0.3 is 10.6 Å². The maximum absolute atomic E-state index is 11.7. The molecule has 2 rings (SSSR count). The van der Waals surface area contributed by atoms with Crippen LogP contribution in [0.2, 0.25) is 5.02 Å². The smallest absolute Gasteiger partial charge is 0.239 e. The predicted octanol–water partition coefficient (Wildman–Crippen LogP) is 3.38. The Balaban J connectivity index is 1.77. The summed E-state index contributed by atoms with van der Waals surface area (Å²) in [6.45, 7) is 2.79. The summed E-state index contributed by atoms with van der Waals surface area (Å²) in [4.78, 5) is 11.7. The van der Waals surface area contributed by atoms with E-state index in [0.29, 0.717) is 11.6 Å². The van der Waals surface area contributed by atoms with E-state index in [0.717, 1.165) is 16.8 Å². The highest BCUT2D eigenvalue weighted by Gasteiger charge is 2.01. The molecular weight excluding hydrogens is 272 g/mol. The van der Waals surface area contributed by atoms with Gasteiger partial charge in [0.1, 0.15) is 0 Å². The lowest BCUT2D eigenvalue weighted by Crippen LogP contribution is -2.29. The summed E-state index contributed by atoms with van der Waals surface area (Å²) in [5.74, 6) is -0.0403. The summed E-state index contributed by atoms with van der Waals surface area (Å²) in [6.07, 6.45) is 0. The summed E-state index contributed by atoms with van der Waals surface area (Å²) in [5, 5.41) is 6.65. The van der Waals surface area contributed by atoms with E-state index in [9.17, 15) is 4.79 Å². The van der Waals surface area contributed by atoms with E-state index in [1.807, 2.05) is 55.5 Å². The first-order valence-electron chi connectivity index (χ1n) is 6.45. The van der Waals surface area contributed by atoms with Gasteiger partial charge >= 0.3 is 0 Å². The number of nitrogens with one attached hydrogen (secondary N) is 2. The zero-order chi connectivity index (χ0) is 14.4. The SMILES string of the molecule is Cc1cccc(NCC(=O)NCc2ccc(Cl)cc2)c1. The van der Waals surface area contributed by atoms with Gasteiger partial charge in [0.25, 0.3) is 0 Å². The fourth-order valence-electron chi connectivity index (χ4n) is 1.80. The second-order valence-corrected chi connectivity index (χ2v) is 5.06. The maximum atomic E-state index is 11.7. The van der Waals surface area contributed by atoms with Crippen molar-refractivity contribution in [2.24, 2.45) is 0 Å². The van der Waals surface area contributed by atoms with Crippen molar-refractivity contribution < 1.29 is 4.79 Å². The number of amides is 1. The first kappa shape index (κ1) is 14.4. The third-order valence-electron chi connectivity index (χ3n) is 2.87. The van der Waals surface area contributed by atoms with Crippen molar-refractivity contribution in [3.8, 4) is 0 Å². The molecule has 0 aromatic heterocycles. The molecule has 2 N–H and O–H groups in total. The van der Waals surface area contributed by atoms with Crippen molar-refractivity contribution in [1.82, 2.24) is 5.32 Å². The van der Waals surface area contributed by atoms with E-state index in [1.54, 1.807) is 0 Å². The number of carbonyl (C=O) groups is 1. The van der Waals surface area contributed by atoms with Crippen LogP contribution >= 0.6 is 11.6 Å². The summed E-state index contributed by atoms with van der Waals surface area (Å²) >= 11 is 5.81. The number of rotatable bonds is 5. The molecule has 4 heteroatoms. The Morgan fingerprint density at radius 3 is 2.60 bits per heavy atom. The molecule has 0 aliphatic heterocycles. The first-order chi connectivity index (χ1) is 9.63. The van der Waals surface area contributed by atoms with Gasteiger partial charge in [0, 0.05) is 17.3 Å². The lowest BCUT2D eigenvalue weighted by molar-refractivity contribution is -0.119. The third kappa shape index (κ3) is 4.59. The van der Waals surface area contributed by atoms with Crippen molar-refractivity contribution in [1.29, 1.82) is 0 Å². The molecule has 0 bridgehead atoms. The second-order valence-electron chi connectivity index (χ2n) is 4.63. The molecule has 0 saturated carbocycles. The van der Waals surface area contributed by atoms with Crippen molar-refractivity contribution in [2.45, 2.75) is 13.5 Å². The van der Waals surface area contributed by atoms with Crippen LogP contribution in [-0.2, 0) is 11.3 Å². The lowest BCUT2D eigenvalue weighted by Gasteiger charge is -2.08. The molecule has 0 saturated heterocycles. The number of aryl methyl sites for hydroxylation is 1. The second kappa shape index (κ2) is 6.96. The number of benzene rings is 2. The molecule has 0 radical (unpaired) electrons. The Morgan fingerprint density at radius 2 is 1.90 bits per heavy atom. The first-order valence-corrected chi connectivity index (χ1v) is 6.83. The van der Waals surface area contributed by atoms with Crippen LogP contribution in [0.1, 0.15) is 11.1 Å². The quantitative estimate of drug-likeness (QED) is 0.885. The van der Waals surface area contributed by atoms with Gasteiger partial charge in [-0.2, -0.15) is 0 Å². The van der Waals surface area contributed by atoms with Crippen LogP contribution in [-0.4, -0.2) is 12.5 Å². The zero-order valence-electron chi connectivity index (χ0n) is 11.3. The molecule has 0 fully saturated rings. The van der Waals surface area contributed by atoms with Crippen molar-refractivity contribution >= 4 is 23.2 Å². The minimum absolute atomic E-state index is 0.0403. The molecule has 0 unspecified atom stereocenters. The molecule has 2 aromatic carbocycles. The summed E-state index contributed by atoms with van der Waals surface area (Å²) in [6, 6.07) is 15.4. The lowest BCUT2D eigenvalue weighted by atomic mass is 10.2. The van der Waals surface area contributed by atoms with E-state index < -0.39 is 0 Å². The monoisotopic (exact) mass is 288 g/mol. The van der Waals surface area contributed by atoms with Crippen molar-refractivity contribution in [2.75, 3.05) is 11.9 Å². The van der Waals surface area contributed by atoms with E-state index in [4.69, 9.17) is 11.6 Å². The van der Waals surface area contributed by atoms with Gasteiger partial charge in [-0.3, -0.25) is 4.79 Å². The molecular formula is C16H17ClN2O. The summed E-state index contributed by atoms with van der Waals surface area (Å²) < 4.78 is 0. The fraction of sp³-hybridized carbons (Fsp3) is 0.188. The normalized spacial score (nSPS) is 10.1. The van der Waals surface area contributed by atoms with Gasteiger partial charge in [-0.15, -0.1) is 0 Å². The Morgan fingerprint density at radius 1 is 1.15 bits per heavy atom. The van der Waals surface area contributed by atoms with Crippen molar-refractivity contribution in [3.63, 3.8) is 0 Å². The van der Waals surface area contributed by atoms with Crippen LogP contribution in [0, 0.1) is 6.92 Å². The van der Waals surface area contributed by atoms with Crippen molar-refractivity contribution in [3.05, 3.63) is 64.7 Å². The Hall–Kier alpha value is -2.00. The molecule has 1 amide bonds. The summed E-state index contributed by atoms with van der Waals surface area (Å²) in [5.41, 5.74) is 3.14. The van der Waals surface area contributed by atoms with Crippen LogP contribution in [0.4, 0.5) is 5.69 Å². The molecule has 104 valence electrons. The molecule has 0 heterocycles. The molecule has 3 nitrogen and oxygen atoms in total. The summed E-state index contributed by atoms with van der Waals surface area (Å²) in [7, 11) is 0. The molecule has 0 aliphatic rings. The largest absolute Gasteiger partial charge is 0.376 e. The van der Waals surface area contributed by atoms with E-state index in [2.05, 4.69) is 10.6 Å². The van der Waals surface area contributed by atoms with Crippen LogP contribution in [0.3, 0.4) is 0 Å². The Labute approximate surface area is 124 Å². The van der Waals surface area contributed by atoms with E-state index in [-0.39, 0.29) is 12.5 Å². The highest BCUT2D eigenvalue weighted by Crippen LogP contribution is 2.10. The highest BCUT2D eigenvalue weighted by molar-refractivity contribution is 6.30. The van der Waals surface area contributed by atoms with Gasteiger partial charge in [-0.05, 0) is 42.3 Å². The average Bonchev–Trinajstić information content (AvgIpc) is 2.45. The van der Waals surface area contributed by atoms with Crippen LogP contribution < -0.4 is 10.6 Å². The predicted molar refractivity (Wildman–Crippen MR) is 83.0 cm³/mol. The fourth-order valence-corrected chi connectivity index (χ4v) is 1.93. The Bertz CT molecular complexity index is 581. The molecule has 2 aromatic rings. The maximum Gasteiger partial charge on any atom is 0.239 e. The molecule has 0 spiro atoms. The molecule has 0 aliphatic carbocycles. The average molecular weight is 289 g/mol. The van der Waals surface area contributed by atoms with Gasteiger partial charge in [-0.25, -0.2) is 0 Å².